The summed E-state index contributed by atoms with van der Waals surface area (Å²) in [7, 11) is 1.59. The van der Waals surface area contributed by atoms with Crippen molar-refractivity contribution in [1.29, 1.82) is 0 Å². The second-order valence-corrected chi connectivity index (χ2v) is 12.4. The number of nitrogens with zero attached hydrogens (tertiary/aromatic N) is 3. The van der Waals surface area contributed by atoms with Crippen LogP contribution < -0.4 is 26.0 Å². The van der Waals surface area contributed by atoms with E-state index in [4.69, 9.17) is 9.72 Å². The number of unbranched alkanes of at least 4 members (excludes halogenated alkanes) is 1. The lowest BCUT2D eigenvalue weighted by molar-refractivity contribution is -0.115. The highest BCUT2D eigenvalue weighted by atomic mass is 32.1. The number of amides is 2. The summed E-state index contributed by atoms with van der Waals surface area (Å²) in [5, 5.41) is 14.3. The SMILES string of the molecule is CNC(=O)c1sc(-c2ccnc(NC(=O)CNCCCCNc3c4c(nc5ccccc35)CCCC4)c2)nc1OCC1CC1. The zero-order valence-electron chi connectivity index (χ0n) is 25.1. The van der Waals surface area contributed by atoms with Gasteiger partial charge in [-0.2, -0.15) is 0 Å². The minimum Gasteiger partial charge on any atom is -0.476 e. The number of hydrogen-bond acceptors (Lipinski definition) is 9. The molecule has 6 rings (SSSR count). The van der Waals surface area contributed by atoms with Crippen molar-refractivity contribution in [2.75, 3.05) is 43.9 Å². The van der Waals surface area contributed by atoms with Crippen LogP contribution in [0, 0.1) is 5.92 Å². The Labute approximate surface area is 261 Å². The molecule has 44 heavy (non-hydrogen) atoms. The largest absolute Gasteiger partial charge is 0.476 e. The number of hydrogen-bond donors (Lipinski definition) is 4. The molecule has 1 aromatic carbocycles. The van der Waals surface area contributed by atoms with Gasteiger partial charge in [0.05, 0.1) is 18.7 Å². The number of fused-ring (bicyclic) bond motifs is 2. The van der Waals surface area contributed by atoms with E-state index in [9.17, 15) is 9.59 Å². The first-order valence-corrected chi connectivity index (χ1v) is 16.4. The van der Waals surface area contributed by atoms with Crippen molar-refractivity contribution in [2.45, 2.75) is 51.4 Å². The predicted molar refractivity (Wildman–Crippen MR) is 175 cm³/mol. The maximum atomic E-state index is 12.6. The molecule has 4 aromatic rings. The second kappa shape index (κ2) is 14.1. The van der Waals surface area contributed by atoms with E-state index in [0.29, 0.717) is 34.1 Å². The molecule has 0 atom stereocenters. The molecule has 0 saturated heterocycles. The van der Waals surface area contributed by atoms with E-state index in [-0.39, 0.29) is 18.4 Å². The number of rotatable bonds is 14. The average Bonchev–Trinajstić information content (AvgIpc) is 3.79. The van der Waals surface area contributed by atoms with Gasteiger partial charge in [0.1, 0.15) is 10.8 Å². The first-order valence-electron chi connectivity index (χ1n) is 15.6. The topological polar surface area (TPSA) is 130 Å². The fraction of sp³-hybridized carbons (Fsp3) is 0.424. The van der Waals surface area contributed by atoms with Gasteiger partial charge in [-0.15, -0.1) is 11.3 Å². The van der Waals surface area contributed by atoms with Crippen molar-refractivity contribution in [3.05, 3.63) is 58.7 Å². The summed E-state index contributed by atoms with van der Waals surface area (Å²) in [4.78, 5) is 39.3. The van der Waals surface area contributed by atoms with Gasteiger partial charge < -0.3 is 26.0 Å². The zero-order chi connectivity index (χ0) is 30.3. The van der Waals surface area contributed by atoms with Crippen molar-refractivity contribution in [1.82, 2.24) is 25.6 Å². The molecular formula is C33H39N7O3S. The van der Waals surface area contributed by atoms with Crippen LogP contribution in [0.4, 0.5) is 11.5 Å². The summed E-state index contributed by atoms with van der Waals surface area (Å²) < 4.78 is 5.86. The van der Waals surface area contributed by atoms with Crippen LogP contribution in [0.15, 0.2) is 42.6 Å². The maximum absolute atomic E-state index is 12.6. The molecule has 3 aromatic heterocycles. The van der Waals surface area contributed by atoms with Gasteiger partial charge in [0, 0.05) is 42.1 Å². The number of para-hydroxylation sites is 1. The van der Waals surface area contributed by atoms with E-state index in [1.165, 1.54) is 46.5 Å². The van der Waals surface area contributed by atoms with Crippen LogP contribution in [0.3, 0.4) is 0 Å². The Morgan fingerprint density at radius 3 is 2.75 bits per heavy atom. The van der Waals surface area contributed by atoms with Gasteiger partial charge in [0.25, 0.3) is 5.91 Å². The maximum Gasteiger partial charge on any atom is 0.266 e. The fourth-order valence-electron chi connectivity index (χ4n) is 5.45. The summed E-state index contributed by atoms with van der Waals surface area (Å²) in [6.07, 6.45) is 10.4. The molecule has 10 nitrogen and oxygen atoms in total. The molecular weight excluding hydrogens is 574 g/mol. The number of carbonyl (C=O) groups is 2. The quantitative estimate of drug-likeness (QED) is 0.143. The molecule has 1 fully saturated rings. The Morgan fingerprint density at radius 2 is 1.89 bits per heavy atom. The Bertz CT molecular complexity index is 1640. The normalized spacial score (nSPS) is 14.2. The third-order valence-electron chi connectivity index (χ3n) is 7.99. The molecule has 230 valence electrons. The van der Waals surface area contributed by atoms with Gasteiger partial charge in [-0.25, -0.2) is 9.97 Å². The number of carbonyl (C=O) groups excluding carboxylic acids is 2. The lowest BCUT2D eigenvalue weighted by Gasteiger charge is -2.21. The average molecular weight is 614 g/mol. The molecule has 0 spiro atoms. The van der Waals surface area contributed by atoms with E-state index in [1.54, 1.807) is 19.3 Å². The molecule has 2 aliphatic carbocycles. The molecule has 2 aliphatic rings. The van der Waals surface area contributed by atoms with E-state index >= 15 is 0 Å². The highest BCUT2D eigenvalue weighted by molar-refractivity contribution is 7.17. The minimum atomic E-state index is -0.228. The molecule has 3 heterocycles. The van der Waals surface area contributed by atoms with Gasteiger partial charge in [-0.05, 0) is 87.6 Å². The first-order chi connectivity index (χ1) is 21.6. The molecule has 2 amide bonds. The standard InChI is InChI=1S/C33H39N7O3S/c1-34-31(42)30-32(43-20-21-12-13-21)40-33(44-30)22-14-17-36-27(18-22)39-28(41)19-35-15-6-7-16-37-29-23-8-2-4-10-25(23)38-26-11-5-3-9-24(26)29/h2,4,8,10,14,17-18,21,35H,3,5-7,9,11-13,15-16,19-20H2,1H3,(H,34,42)(H,37,38)(H,36,39,41). The molecule has 1 saturated carbocycles. The molecule has 0 bridgehead atoms. The molecule has 0 radical (unpaired) electrons. The zero-order valence-corrected chi connectivity index (χ0v) is 25.9. The van der Waals surface area contributed by atoms with Crippen molar-refractivity contribution < 1.29 is 14.3 Å². The van der Waals surface area contributed by atoms with Gasteiger partial charge in [0.2, 0.25) is 11.8 Å². The monoisotopic (exact) mass is 613 g/mol. The van der Waals surface area contributed by atoms with Crippen LogP contribution in [0.25, 0.3) is 21.5 Å². The van der Waals surface area contributed by atoms with E-state index < -0.39 is 0 Å². The highest BCUT2D eigenvalue weighted by Crippen LogP contribution is 2.36. The van der Waals surface area contributed by atoms with Crippen molar-refractivity contribution in [3.8, 4) is 16.5 Å². The Balaban J connectivity index is 0.963. The Kier molecular flexibility index (Phi) is 9.62. The number of aryl methyl sites for hydroxylation is 1. The number of thiazole rings is 1. The number of benzene rings is 1. The van der Waals surface area contributed by atoms with Gasteiger partial charge in [-0.1, -0.05) is 18.2 Å². The van der Waals surface area contributed by atoms with Crippen LogP contribution in [0.2, 0.25) is 0 Å². The summed E-state index contributed by atoms with van der Waals surface area (Å²) in [6, 6.07) is 12.0. The first kappa shape index (κ1) is 30.0. The minimum absolute atomic E-state index is 0.165. The molecule has 0 aliphatic heterocycles. The van der Waals surface area contributed by atoms with E-state index in [2.05, 4.69) is 55.5 Å². The van der Waals surface area contributed by atoms with Crippen molar-refractivity contribution >= 4 is 45.6 Å². The predicted octanol–water partition coefficient (Wildman–Crippen LogP) is 5.20. The fourth-order valence-corrected chi connectivity index (χ4v) is 6.40. The van der Waals surface area contributed by atoms with E-state index in [1.807, 2.05) is 6.07 Å². The second-order valence-electron chi connectivity index (χ2n) is 11.4. The van der Waals surface area contributed by atoms with Crippen LogP contribution >= 0.6 is 11.3 Å². The van der Waals surface area contributed by atoms with Crippen LogP contribution in [-0.4, -0.2) is 60.1 Å². The summed E-state index contributed by atoms with van der Waals surface area (Å²) in [5.41, 5.74) is 5.69. The summed E-state index contributed by atoms with van der Waals surface area (Å²) in [5.74, 6) is 0.939. The van der Waals surface area contributed by atoms with Crippen LogP contribution in [-0.2, 0) is 17.6 Å². The molecule has 4 N–H and O–H groups in total. The highest BCUT2D eigenvalue weighted by Gasteiger charge is 2.25. The lowest BCUT2D eigenvalue weighted by Crippen LogP contribution is -2.29. The van der Waals surface area contributed by atoms with E-state index in [0.717, 1.165) is 62.7 Å². The van der Waals surface area contributed by atoms with Crippen molar-refractivity contribution in [2.24, 2.45) is 5.92 Å². The Morgan fingerprint density at radius 1 is 1.05 bits per heavy atom. The Hall–Kier alpha value is -4.09. The van der Waals surface area contributed by atoms with Crippen molar-refractivity contribution in [3.63, 3.8) is 0 Å². The molecule has 11 heteroatoms. The third-order valence-corrected chi connectivity index (χ3v) is 9.08. The number of aromatic nitrogens is 3. The van der Waals surface area contributed by atoms with Crippen LogP contribution in [0.5, 0.6) is 5.88 Å². The lowest BCUT2D eigenvalue weighted by atomic mass is 9.92. The van der Waals surface area contributed by atoms with Gasteiger partial charge in [-0.3, -0.25) is 14.6 Å². The van der Waals surface area contributed by atoms with Gasteiger partial charge in [0.15, 0.2) is 4.88 Å². The summed E-state index contributed by atoms with van der Waals surface area (Å²) in [6.45, 7) is 2.37. The third kappa shape index (κ3) is 7.34. The smallest absolute Gasteiger partial charge is 0.266 e. The number of ether oxygens (including phenoxy) is 1. The number of pyridine rings is 2. The number of nitrogens with one attached hydrogen (secondary N) is 4. The molecule has 0 unspecified atom stereocenters. The van der Waals surface area contributed by atoms with Crippen LogP contribution in [0.1, 0.15) is 59.5 Å². The van der Waals surface area contributed by atoms with Gasteiger partial charge >= 0.3 is 0 Å². The summed E-state index contributed by atoms with van der Waals surface area (Å²) >= 11 is 1.26. The number of anilines is 2.